The Morgan fingerprint density at radius 2 is 1.69 bits per heavy atom. The van der Waals surface area contributed by atoms with Crippen LogP contribution in [0.4, 0.5) is 32.0 Å². The van der Waals surface area contributed by atoms with Crippen LogP contribution in [0.2, 0.25) is 0 Å². The second-order valence-corrected chi connectivity index (χ2v) is 6.76. The lowest BCUT2D eigenvalue weighted by Crippen LogP contribution is -2.18. The Balaban J connectivity index is 1.48. The molecule has 0 aliphatic heterocycles. The SMILES string of the molecule is O=C(Cn1ccc2cc(-c3noc(C(F)(F)F)n3)ccc21)Nc1ccc(C(F)(F)F)cc1. The second kappa shape index (κ2) is 7.70. The lowest BCUT2D eigenvalue weighted by molar-refractivity contribution is -0.159. The van der Waals surface area contributed by atoms with Crippen LogP contribution < -0.4 is 5.32 Å². The summed E-state index contributed by atoms with van der Waals surface area (Å²) in [5.41, 5.74) is 0.283. The normalized spacial score (nSPS) is 12.3. The largest absolute Gasteiger partial charge is 0.471 e. The molecular formula is C20H12F6N4O2. The monoisotopic (exact) mass is 454 g/mol. The van der Waals surface area contributed by atoms with Gasteiger partial charge in [0.25, 0.3) is 0 Å². The molecule has 0 atom stereocenters. The van der Waals surface area contributed by atoms with Crippen molar-refractivity contribution in [1.82, 2.24) is 14.7 Å². The number of carbonyl (C=O) groups is 1. The molecule has 2 aromatic heterocycles. The van der Waals surface area contributed by atoms with Crippen molar-refractivity contribution < 1.29 is 35.7 Å². The van der Waals surface area contributed by atoms with Crippen LogP contribution in [0.3, 0.4) is 0 Å². The summed E-state index contributed by atoms with van der Waals surface area (Å²) in [5.74, 6) is -2.16. The molecule has 4 rings (SSSR count). The van der Waals surface area contributed by atoms with Gasteiger partial charge < -0.3 is 14.4 Å². The fraction of sp³-hybridized carbons (Fsp3) is 0.150. The first-order valence-corrected chi connectivity index (χ1v) is 8.98. The maximum atomic E-state index is 12.6. The van der Waals surface area contributed by atoms with Crippen molar-refractivity contribution >= 4 is 22.5 Å². The standard InChI is InChI=1S/C20H12F6N4O2/c21-19(22,23)13-2-4-14(5-3-13)27-16(31)10-30-8-7-11-9-12(1-6-15(11)30)17-28-18(32-29-17)20(24,25)26/h1-9H,10H2,(H,27,31). The van der Waals surface area contributed by atoms with Gasteiger partial charge in [-0.15, -0.1) is 0 Å². The molecule has 166 valence electrons. The summed E-state index contributed by atoms with van der Waals surface area (Å²) in [5, 5.41) is 6.46. The number of hydrogen-bond donors (Lipinski definition) is 1. The van der Waals surface area contributed by atoms with E-state index in [4.69, 9.17) is 0 Å². The quantitative estimate of drug-likeness (QED) is 0.421. The van der Waals surface area contributed by atoms with Gasteiger partial charge >= 0.3 is 18.2 Å². The third-order valence-electron chi connectivity index (χ3n) is 4.51. The van der Waals surface area contributed by atoms with Crippen LogP contribution in [-0.4, -0.2) is 20.6 Å². The molecule has 0 unspecified atom stereocenters. The lowest BCUT2D eigenvalue weighted by Gasteiger charge is -2.10. The first kappa shape index (κ1) is 21.4. The molecule has 6 nitrogen and oxygen atoms in total. The Morgan fingerprint density at radius 3 is 2.31 bits per heavy atom. The summed E-state index contributed by atoms with van der Waals surface area (Å²) in [7, 11) is 0. The molecule has 2 heterocycles. The number of hydrogen-bond acceptors (Lipinski definition) is 4. The number of fused-ring (bicyclic) bond motifs is 1. The summed E-state index contributed by atoms with van der Waals surface area (Å²) in [4.78, 5) is 15.6. The fourth-order valence-corrected chi connectivity index (χ4v) is 3.03. The van der Waals surface area contributed by atoms with Crippen molar-refractivity contribution in [3.05, 3.63) is 66.2 Å². The molecule has 0 aliphatic rings. The number of nitrogens with zero attached hydrogens (tertiary/aromatic N) is 3. The van der Waals surface area contributed by atoms with Gasteiger partial charge in [-0.2, -0.15) is 31.3 Å². The lowest BCUT2D eigenvalue weighted by atomic mass is 10.1. The van der Waals surface area contributed by atoms with Crippen molar-refractivity contribution in [1.29, 1.82) is 0 Å². The number of halogens is 6. The maximum Gasteiger partial charge on any atom is 0.471 e. The minimum Gasteiger partial charge on any atom is -0.338 e. The average molecular weight is 454 g/mol. The number of nitrogens with one attached hydrogen (secondary N) is 1. The highest BCUT2D eigenvalue weighted by molar-refractivity contribution is 5.92. The molecule has 0 radical (unpaired) electrons. The minimum atomic E-state index is -4.75. The van der Waals surface area contributed by atoms with E-state index in [2.05, 4.69) is 20.0 Å². The highest BCUT2D eigenvalue weighted by Gasteiger charge is 2.38. The zero-order chi connectivity index (χ0) is 23.1. The van der Waals surface area contributed by atoms with Crippen LogP contribution in [0.15, 0.2) is 59.3 Å². The van der Waals surface area contributed by atoms with E-state index in [1.807, 2.05) is 0 Å². The van der Waals surface area contributed by atoms with E-state index >= 15 is 0 Å². The predicted octanol–water partition coefficient (Wildman–Crippen LogP) is 5.37. The van der Waals surface area contributed by atoms with Crippen LogP contribution in [0.1, 0.15) is 11.5 Å². The van der Waals surface area contributed by atoms with E-state index in [0.29, 0.717) is 16.5 Å². The first-order chi connectivity index (χ1) is 15.0. The highest BCUT2D eigenvalue weighted by atomic mass is 19.4. The van der Waals surface area contributed by atoms with Gasteiger partial charge in [-0.25, -0.2) is 0 Å². The topological polar surface area (TPSA) is 73.0 Å². The van der Waals surface area contributed by atoms with Crippen LogP contribution in [-0.2, 0) is 23.7 Å². The maximum absolute atomic E-state index is 12.6. The van der Waals surface area contributed by atoms with E-state index < -0.39 is 29.7 Å². The molecule has 2 aromatic carbocycles. The number of alkyl halides is 6. The smallest absolute Gasteiger partial charge is 0.338 e. The van der Waals surface area contributed by atoms with Gasteiger partial charge in [0.05, 0.1) is 5.56 Å². The number of anilines is 1. The van der Waals surface area contributed by atoms with Crippen molar-refractivity contribution in [3.63, 3.8) is 0 Å². The summed E-state index contributed by atoms with van der Waals surface area (Å²) in [6.45, 7) is -0.135. The van der Waals surface area contributed by atoms with Crippen molar-refractivity contribution in [3.8, 4) is 11.4 Å². The van der Waals surface area contributed by atoms with Crippen molar-refractivity contribution in [2.24, 2.45) is 0 Å². The summed E-state index contributed by atoms with van der Waals surface area (Å²) in [6, 6.07) is 10.3. The number of aromatic nitrogens is 3. The molecule has 0 fully saturated rings. The molecule has 12 heteroatoms. The summed E-state index contributed by atoms with van der Waals surface area (Å²) < 4.78 is 81.6. The molecule has 0 bridgehead atoms. The van der Waals surface area contributed by atoms with Gasteiger partial charge in [-0.1, -0.05) is 5.16 Å². The molecule has 1 N–H and O–H groups in total. The number of rotatable bonds is 4. The summed E-state index contributed by atoms with van der Waals surface area (Å²) in [6.07, 6.45) is -7.63. The third-order valence-corrected chi connectivity index (χ3v) is 4.51. The Morgan fingerprint density at radius 1 is 0.969 bits per heavy atom. The average Bonchev–Trinajstić information content (AvgIpc) is 3.35. The van der Waals surface area contributed by atoms with Gasteiger partial charge in [0.15, 0.2) is 0 Å². The van der Waals surface area contributed by atoms with Gasteiger partial charge in [0, 0.05) is 28.4 Å². The third kappa shape index (κ3) is 4.43. The van der Waals surface area contributed by atoms with Gasteiger partial charge in [-0.05, 0) is 48.5 Å². The Hall–Kier alpha value is -3.83. The molecule has 0 saturated carbocycles. The second-order valence-electron chi connectivity index (χ2n) is 6.76. The number of carbonyl (C=O) groups excluding carboxylic acids is 1. The highest BCUT2D eigenvalue weighted by Crippen LogP contribution is 2.31. The first-order valence-electron chi connectivity index (χ1n) is 8.98. The van der Waals surface area contributed by atoms with Crippen molar-refractivity contribution in [2.45, 2.75) is 18.9 Å². The number of amides is 1. The molecule has 32 heavy (non-hydrogen) atoms. The molecule has 1 amide bonds. The minimum absolute atomic E-state index is 0.135. The Kier molecular flexibility index (Phi) is 5.15. The fourth-order valence-electron chi connectivity index (χ4n) is 3.03. The molecule has 0 saturated heterocycles. The van der Waals surface area contributed by atoms with E-state index in [0.717, 1.165) is 24.3 Å². The van der Waals surface area contributed by atoms with Crippen LogP contribution in [0.5, 0.6) is 0 Å². The van der Waals surface area contributed by atoms with E-state index in [-0.39, 0.29) is 18.1 Å². The van der Waals surface area contributed by atoms with E-state index in [9.17, 15) is 31.1 Å². The molecular weight excluding hydrogens is 442 g/mol. The zero-order valence-corrected chi connectivity index (χ0v) is 15.8. The van der Waals surface area contributed by atoms with Gasteiger partial charge in [0.2, 0.25) is 11.7 Å². The predicted molar refractivity (Wildman–Crippen MR) is 100 cm³/mol. The number of benzene rings is 2. The van der Waals surface area contributed by atoms with Crippen LogP contribution >= 0.6 is 0 Å². The zero-order valence-electron chi connectivity index (χ0n) is 15.8. The van der Waals surface area contributed by atoms with Gasteiger partial charge in [0.1, 0.15) is 6.54 Å². The Labute approximate surface area is 175 Å². The van der Waals surface area contributed by atoms with Gasteiger partial charge in [-0.3, -0.25) is 4.79 Å². The van der Waals surface area contributed by atoms with Crippen LogP contribution in [0, 0.1) is 0 Å². The van der Waals surface area contributed by atoms with Crippen LogP contribution in [0.25, 0.3) is 22.3 Å². The molecule has 4 aromatic rings. The Bertz CT molecular complexity index is 1270. The van der Waals surface area contributed by atoms with Crippen molar-refractivity contribution in [2.75, 3.05) is 5.32 Å². The van der Waals surface area contributed by atoms with E-state index in [1.165, 1.54) is 6.07 Å². The summed E-state index contributed by atoms with van der Waals surface area (Å²) >= 11 is 0. The molecule has 0 aliphatic carbocycles. The van der Waals surface area contributed by atoms with E-state index in [1.54, 1.807) is 29.0 Å². The molecule has 0 spiro atoms.